The van der Waals surface area contributed by atoms with Crippen molar-refractivity contribution in [1.29, 1.82) is 0 Å². The number of thioether (sulfide) groups is 1. The molecule has 31 heavy (non-hydrogen) atoms. The molecule has 0 bridgehead atoms. The third kappa shape index (κ3) is 4.05. The van der Waals surface area contributed by atoms with Crippen molar-refractivity contribution >= 4 is 29.1 Å². The van der Waals surface area contributed by atoms with Crippen LogP contribution in [-0.2, 0) is 9.59 Å². The first-order chi connectivity index (χ1) is 15.2. The third-order valence-corrected chi connectivity index (χ3v) is 6.41. The summed E-state index contributed by atoms with van der Waals surface area (Å²) in [6.07, 6.45) is 3.09. The number of hydrogen-bond acceptors (Lipinski definition) is 6. The zero-order chi connectivity index (χ0) is 21.2. The summed E-state index contributed by atoms with van der Waals surface area (Å²) >= 11 is 1.43. The van der Waals surface area contributed by atoms with Crippen molar-refractivity contribution in [2.24, 2.45) is 0 Å². The van der Waals surface area contributed by atoms with Gasteiger partial charge in [-0.3, -0.25) is 14.0 Å². The molecule has 9 heteroatoms. The molecule has 0 unspecified atom stereocenters. The third-order valence-electron chi connectivity index (χ3n) is 5.46. The Morgan fingerprint density at radius 1 is 1.00 bits per heavy atom. The number of hydrogen-bond donors (Lipinski definition) is 0. The highest BCUT2D eigenvalue weighted by molar-refractivity contribution is 7.99. The van der Waals surface area contributed by atoms with Crippen molar-refractivity contribution in [2.45, 2.75) is 11.3 Å². The molecule has 0 N–H and O–H groups in total. The molecule has 5 rings (SSSR count). The van der Waals surface area contributed by atoms with Crippen LogP contribution in [0.3, 0.4) is 0 Å². The Hall–Kier alpha value is -3.20. The van der Waals surface area contributed by atoms with Gasteiger partial charge in [-0.15, -0.1) is 0 Å². The zero-order valence-corrected chi connectivity index (χ0v) is 17.7. The lowest BCUT2D eigenvalue weighted by Crippen LogP contribution is -2.55. The van der Waals surface area contributed by atoms with Crippen LogP contribution in [0.1, 0.15) is 0 Å². The van der Waals surface area contributed by atoms with Crippen molar-refractivity contribution in [3.05, 3.63) is 54.9 Å². The maximum Gasteiger partial charge on any atom is 0.267 e. The molecule has 2 aliphatic heterocycles. The van der Waals surface area contributed by atoms with Crippen LogP contribution in [0.25, 0.3) is 5.52 Å². The van der Waals surface area contributed by atoms with E-state index in [0.29, 0.717) is 43.4 Å². The van der Waals surface area contributed by atoms with Crippen LogP contribution in [-0.4, -0.2) is 75.6 Å². The second kappa shape index (κ2) is 8.50. The number of fused-ring (bicyclic) bond motifs is 2. The van der Waals surface area contributed by atoms with E-state index in [2.05, 4.69) is 4.98 Å². The largest absolute Gasteiger partial charge is 0.485 e. The highest BCUT2D eigenvalue weighted by Gasteiger charge is 2.33. The van der Waals surface area contributed by atoms with E-state index in [-0.39, 0.29) is 18.4 Å². The van der Waals surface area contributed by atoms with Crippen molar-refractivity contribution in [1.82, 2.24) is 19.2 Å². The Morgan fingerprint density at radius 2 is 1.74 bits per heavy atom. The topological polar surface area (TPSA) is 76.4 Å². The number of amides is 2. The number of carbonyl (C=O) groups is 2. The van der Waals surface area contributed by atoms with Crippen LogP contribution in [0.15, 0.2) is 60.0 Å². The van der Waals surface area contributed by atoms with Crippen molar-refractivity contribution in [3.63, 3.8) is 0 Å². The maximum atomic E-state index is 12.8. The van der Waals surface area contributed by atoms with Crippen LogP contribution < -0.4 is 9.47 Å². The van der Waals surface area contributed by atoms with E-state index < -0.39 is 6.10 Å². The zero-order valence-electron chi connectivity index (χ0n) is 16.8. The Labute approximate surface area is 183 Å². The summed E-state index contributed by atoms with van der Waals surface area (Å²) in [5.74, 6) is 1.52. The molecule has 1 fully saturated rings. The van der Waals surface area contributed by atoms with Gasteiger partial charge in [-0.1, -0.05) is 30.0 Å². The fourth-order valence-electron chi connectivity index (χ4n) is 3.76. The number of imidazole rings is 1. The Balaban J connectivity index is 1.12. The van der Waals surface area contributed by atoms with Gasteiger partial charge in [0.05, 0.1) is 17.5 Å². The second-order valence-electron chi connectivity index (χ2n) is 7.40. The van der Waals surface area contributed by atoms with Gasteiger partial charge < -0.3 is 19.3 Å². The van der Waals surface area contributed by atoms with Gasteiger partial charge in [0, 0.05) is 32.4 Å². The van der Waals surface area contributed by atoms with Crippen LogP contribution in [0.2, 0.25) is 0 Å². The standard InChI is InChI=1S/C22H22N4O4S/c27-20(15-31-22-23-13-16-5-3-4-8-26(16)22)24-9-11-25(12-10-24)21(28)19-14-29-17-6-1-2-7-18(17)30-19/h1-8,13,19H,9-12,14-15H2/t19-/m1/s1. The number of nitrogens with zero attached hydrogens (tertiary/aromatic N) is 4. The van der Waals surface area contributed by atoms with Gasteiger partial charge in [-0.25, -0.2) is 4.98 Å². The first kappa shape index (κ1) is 19.7. The number of benzene rings is 1. The van der Waals surface area contributed by atoms with Crippen molar-refractivity contribution in [3.8, 4) is 11.5 Å². The molecule has 0 radical (unpaired) electrons. The van der Waals surface area contributed by atoms with E-state index in [1.807, 2.05) is 47.0 Å². The molecule has 0 aliphatic carbocycles. The minimum atomic E-state index is -0.651. The van der Waals surface area contributed by atoms with Gasteiger partial charge in [-0.05, 0) is 24.3 Å². The lowest BCUT2D eigenvalue weighted by molar-refractivity contribution is -0.145. The molecule has 160 valence electrons. The monoisotopic (exact) mass is 438 g/mol. The van der Waals surface area contributed by atoms with Crippen molar-refractivity contribution < 1.29 is 19.1 Å². The molecular formula is C22H22N4O4S. The number of ether oxygens (including phenoxy) is 2. The average Bonchev–Trinajstić information content (AvgIpc) is 3.25. The molecule has 1 aromatic carbocycles. The first-order valence-corrected chi connectivity index (χ1v) is 11.2. The fraction of sp³-hybridized carbons (Fsp3) is 0.318. The predicted molar refractivity (Wildman–Crippen MR) is 115 cm³/mol. The minimum Gasteiger partial charge on any atom is -0.485 e. The number of aromatic nitrogens is 2. The molecule has 2 aliphatic rings. The number of para-hydroxylation sites is 2. The van der Waals surface area contributed by atoms with Gasteiger partial charge >= 0.3 is 0 Å². The summed E-state index contributed by atoms with van der Waals surface area (Å²) in [6, 6.07) is 13.2. The van der Waals surface area contributed by atoms with E-state index in [1.54, 1.807) is 22.1 Å². The fourth-order valence-corrected chi connectivity index (χ4v) is 4.63. The van der Waals surface area contributed by atoms with Gasteiger partial charge in [0.1, 0.15) is 6.61 Å². The molecule has 0 spiro atoms. The quantitative estimate of drug-likeness (QED) is 0.580. The Kier molecular flexibility index (Phi) is 5.42. The Morgan fingerprint density at radius 3 is 2.58 bits per heavy atom. The van der Waals surface area contributed by atoms with Gasteiger partial charge in [-0.2, -0.15) is 0 Å². The number of pyridine rings is 1. The summed E-state index contributed by atoms with van der Waals surface area (Å²) in [6.45, 7) is 2.20. The lowest BCUT2D eigenvalue weighted by Gasteiger charge is -2.37. The van der Waals surface area contributed by atoms with Crippen LogP contribution in [0.4, 0.5) is 0 Å². The van der Waals surface area contributed by atoms with Crippen molar-refractivity contribution in [2.75, 3.05) is 38.5 Å². The average molecular weight is 439 g/mol. The SMILES string of the molecule is O=C(CSc1ncc2ccccn12)N1CCN(C(=O)[C@H]2COc3ccccc3O2)CC1. The molecule has 2 amide bonds. The predicted octanol–water partition coefficient (Wildman–Crippen LogP) is 1.94. The maximum absolute atomic E-state index is 12.8. The molecular weight excluding hydrogens is 416 g/mol. The number of carbonyl (C=O) groups excluding carboxylic acids is 2. The van der Waals surface area contributed by atoms with Gasteiger partial charge in [0.15, 0.2) is 16.7 Å². The molecule has 2 aromatic heterocycles. The van der Waals surface area contributed by atoms with E-state index in [9.17, 15) is 9.59 Å². The summed E-state index contributed by atoms with van der Waals surface area (Å²) in [4.78, 5) is 33.5. The molecule has 1 saturated heterocycles. The summed E-state index contributed by atoms with van der Waals surface area (Å²) in [5, 5.41) is 0.799. The summed E-state index contributed by atoms with van der Waals surface area (Å²) in [5.41, 5.74) is 1.00. The van der Waals surface area contributed by atoms with E-state index in [0.717, 1.165) is 10.7 Å². The van der Waals surface area contributed by atoms with Crippen LogP contribution in [0.5, 0.6) is 11.5 Å². The van der Waals surface area contributed by atoms with Crippen LogP contribution >= 0.6 is 11.8 Å². The van der Waals surface area contributed by atoms with Crippen LogP contribution in [0, 0.1) is 0 Å². The smallest absolute Gasteiger partial charge is 0.267 e. The number of rotatable bonds is 4. The highest BCUT2D eigenvalue weighted by atomic mass is 32.2. The summed E-state index contributed by atoms with van der Waals surface area (Å²) < 4.78 is 13.5. The number of piperazine rings is 1. The molecule has 8 nitrogen and oxygen atoms in total. The second-order valence-corrected chi connectivity index (χ2v) is 8.34. The van der Waals surface area contributed by atoms with E-state index in [1.165, 1.54) is 11.8 Å². The normalized spacial score (nSPS) is 18.3. The molecule has 0 saturated carbocycles. The lowest BCUT2D eigenvalue weighted by atomic mass is 10.2. The molecule has 1 atom stereocenters. The van der Waals surface area contributed by atoms with E-state index in [4.69, 9.17) is 9.47 Å². The Bertz CT molecular complexity index is 1110. The van der Waals surface area contributed by atoms with E-state index >= 15 is 0 Å². The summed E-state index contributed by atoms with van der Waals surface area (Å²) in [7, 11) is 0. The first-order valence-electron chi connectivity index (χ1n) is 10.2. The minimum absolute atomic E-state index is 0.0518. The van der Waals surface area contributed by atoms with Gasteiger partial charge in [0.25, 0.3) is 5.91 Å². The molecule has 4 heterocycles. The van der Waals surface area contributed by atoms with Gasteiger partial charge in [0.2, 0.25) is 12.0 Å². The molecule has 3 aromatic rings. The highest BCUT2D eigenvalue weighted by Crippen LogP contribution is 2.31.